The van der Waals surface area contributed by atoms with E-state index in [1.54, 1.807) is 28.8 Å². The number of halogens is 1. The molecule has 0 fully saturated rings. The third-order valence-corrected chi connectivity index (χ3v) is 3.96. The molecule has 0 aliphatic carbocycles. The van der Waals surface area contributed by atoms with Crippen molar-refractivity contribution in [2.24, 2.45) is 0 Å². The van der Waals surface area contributed by atoms with Crippen LogP contribution in [-0.4, -0.2) is 21.7 Å². The van der Waals surface area contributed by atoms with Crippen molar-refractivity contribution in [3.8, 4) is 0 Å². The number of rotatable bonds is 3. The zero-order valence-electron chi connectivity index (χ0n) is 10.7. The fourth-order valence-corrected chi connectivity index (χ4v) is 2.78. The highest BCUT2D eigenvalue weighted by molar-refractivity contribution is 7.98. The van der Waals surface area contributed by atoms with E-state index in [4.69, 9.17) is 11.6 Å². The van der Waals surface area contributed by atoms with Gasteiger partial charge in [0.1, 0.15) is 5.03 Å². The standard InChI is InChI=1S/C15H11ClN2OS/c1-20-15-13(12-4-2-3-9-18(12)17-15)14(19)10-5-7-11(16)8-6-10/h2-9H,1H3. The number of carbonyl (C=O) groups excluding carboxylic acids is 1. The van der Waals surface area contributed by atoms with Crippen LogP contribution < -0.4 is 0 Å². The molecule has 0 N–H and O–H groups in total. The number of pyridine rings is 1. The summed E-state index contributed by atoms with van der Waals surface area (Å²) in [7, 11) is 0. The Morgan fingerprint density at radius 3 is 2.65 bits per heavy atom. The largest absolute Gasteiger partial charge is 0.288 e. The predicted octanol–water partition coefficient (Wildman–Crippen LogP) is 3.94. The van der Waals surface area contributed by atoms with Gasteiger partial charge in [0.25, 0.3) is 0 Å². The Morgan fingerprint density at radius 2 is 1.95 bits per heavy atom. The fraction of sp³-hybridized carbons (Fsp3) is 0.0667. The topological polar surface area (TPSA) is 34.4 Å². The minimum Gasteiger partial charge on any atom is -0.288 e. The van der Waals surface area contributed by atoms with Crippen LogP contribution in [0.2, 0.25) is 5.02 Å². The predicted molar refractivity (Wildman–Crippen MR) is 81.9 cm³/mol. The van der Waals surface area contributed by atoms with Crippen LogP contribution in [0.3, 0.4) is 0 Å². The van der Waals surface area contributed by atoms with Gasteiger partial charge in [0.15, 0.2) is 5.78 Å². The summed E-state index contributed by atoms with van der Waals surface area (Å²) < 4.78 is 1.73. The Balaban J connectivity index is 2.17. The molecule has 3 rings (SSSR count). The van der Waals surface area contributed by atoms with E-state index < -0.39 is 0 Å². The van der Waals surface area contributed by atoms with Crippen LogP contribution in [0.15, 0.2) is 53.7 Å². The number of nitrogens with zero attached hydrogens (tertiary/aromatic N) is 2. The molecule has 0 saturated carbocycles. The zero-order valence-corrected chi connectivity index (χ0v) is 12.3. The number of aromatic nitrogens is 2. The molecule has 0 saturated heterocycles. The normalized spacial score (nSPS) is 10.9. The Hall–Kier alpha value is -1.78. The van der Waals surface area contributed by atoms with E-state index in [-0.39, 0.29) is 5.78 Å². The van der Waals surface area contributed by atoms with E-state index in [0.717, 1.165) is 10.5 Å². The number of fused-ring (bicyclic) bond motifs is 1. The third-order valence-electron chi connectivity index (χ3n) is 3.03. The van der Waals surface area contributed by atoms with Gasteiger partial charge in [-0.2, -0.15) is 5.10 Å². The van der Waals surface area contributed by atoms with Crippen molar-refractivity contribution in [1.29, 1.82) is 0 Å². The summed E-state index contributed by atoms with van der Waals surface area (Å²) in [6.45, 7) is 0. The molecular weight excluding hydrogens is 292 g/mol. The summed E-state index contributed by atoms with van der Waals surface area (Å²) in [6.07, 6.45) is 3.76. The molecule has 0 atom stereocenters. The van der Waals surface area contributed by atoms with E-state index in [1.807, 2.05) is 30.7 Å². The quantitative estimate of drug-likeness (QED) is 0.543. The van der Waals surface area contributed by atoms with Crippen molar-refractivity contribution in [3.05, 3.63) is 64.8 Å². The summed E-state index contributed by atoms with van der Waals surface area (Å²) in [6, 6.07) is 12.6. The van der Waals surface area contributed by atoms with Crippen LogP contribution in [0.5, 0.6) is 0 Å². The van der Waals surface area contributed by atoms with Gasteiger partial charge in [-0.15, -0.1) is 11.8 Å². The van der Waals surface area contributed by atoms with Crippen LogP contribution in [-0.2, 0) is 0 Å². The Labute approximate surface area is 125 Å². The van der Waals surface area contributed by atoms with E-state index >= 15 is 0 Å². The molecular formula is C15H11ClN2OS. The summed E-state index contributed by atoms with van der Waals surface area (Å²) in [5.74, 6) is -0.0350. The number of benzene rings is 1. The maximum absolute atomic E-state index is 12.7. The summed E-state index contributed by atoms with van der Waals surface area (Å²) in [5, 5.41) is 5.78. The number of ketones is 1. The number of hydrogen-bond donors (Lipinski definition) is 0. The molecule has 3 nitrogen and oxygen atoms in total. The number of hydrogen-bond acceptors (Lipinski definition) is 3. The first-order chi connectivity index (χ1) is 9.70. The molecule has 0 amide bonds. The lowest BCUT2D eigenvalue weighted by molar-refractivity contribution is 0.103. The molecule has 0 spiro atoms. The lowest BCUT2D eigenvalue weighted by Crippen LogP contribution is -2.02. The molecule has 3 aromatic rings. The van der Waals surface area contributed by atoms with Crippen molar-refractivity contribution in [2.75, 3.05) is 6.26 Å². The van der Waals surface area contributed by atoms with Gasteiger partial charge in [0.2, 0.25) is 0 Å². The average Bonchev–Trinajstić information content (AvgIpc) is 2.85. The fourth-order valence-electron chi connectivity index (χ4n) is 2.08. The molecule has 0 bridgehead atoms. The van der Waals surface area contributed by atoms with Gasteiger partial charge in [0.05, 0.1) is 11.1 Å². The molecule has 2 aromatic heterocycles. The van der Waals surface area contributed by atoms with Crippen molar-refractivity contribution in [3.63, 3.8) is 0 Å². The Morgan fingerprint density at radius 1 is 1.20 bits per heavy atom. The van der Waals surface area contributed by atoms with Crippen LogP contribution >= 0.6 is 23.4 Å². The maximum Gasteiger partial charge on any atom is 0.197 e. The lowest BCUT2D eigenvalue weighted by atomic mass is 10.0. The van der Waals surface area contributed by atoms with Crippen LogP contribution in [0.25, 0.3) is 5.52 Å². The monoisotopic (exact) mass is 302 g/mol. The molecule has 0 aliphatic heterocycles. The van der Waals surface area contributed by atoms with E-state index in [1.165, 1.54) is 11.8 Å². The van der Waals surface area contributed by atoms with Gasteiger partial charge in [-0.1, -0.05) is 17.7 Å². The second-order valence-corrected chi connectivity index (χ2v) is 5.48. The molecule has 20 heavy (non-hydrogen) atoms. The second-order valence-electron chi connectivity index (χ2n) is 4.25. The van der Waals surface area contributed by atoms with Crippen LogP contribution in [0.1, 0.15) is 15.9 Å². The Kier molecular flexibility index (Phi) is 3.51. The molecule has 0 radical (unpaired) electrons. The summed E-state index contributed by atoms with van der Waals surface area (Å²) in [4.78, 5) is 12.7. The van der Waals surface area contributed by atoms with Gasteiger partial charge < -0.3 is 0 Å². The van der Waals surface area contributed by atoms with Gasteiger partial charge >= 0.3 is 0 Å². The zero-order chi connectivity index (χ0) is 14.1. The number of carbonyl (C=O) groups is 1. The lowest BCUT2D eigenvalue weighted by Gasteiger charge is -2.01. The highest BCUT2D eigenvalue weighted by Gasteiger charge is 2.20. The molecule has 2 heterocycles. The summed E-state index contributed by atoms with van der Waals surface area (Å²) >= 11 is 7.33. The second kappa shape index (κ2) is 5.31. The Bertz CT molecular complexity index is 780. The van der Waals surface area contributed by atoms with Gasteiger partial charge in [-0.25, -0.2) is 4.52 Å². The van der Waals surface area contributed by atoms with E-state index in [2.05, 4.69) is 5.10 Å². The van der Waals surface area contributed by atoms with Crippen LogP contribution in [0.4, 0.5) is 0 Å². The van der Waals surface area contributed by atoms with Gasteiger partial charge in [0, 0.05) is 16.8 Å². The minimum atomic E-state index is -0.0350. The van der Waals surface area contributed by atoms with Crippen molar-refractivity contribution >= 4 is 34.7 Å². The average molecular weight is 303 g/mol. The SMILES string of the molecule is CSc1nn2ccccc2c1C(=O)c1ccc(Cl)cc1. The van der Waals surface area contributed by atoms with Gasteiger partial charge in [-0.05, 0) is 42.7 Å². The molecule has 5 heteroatoms. The molecule has 0 aliphatic rings. The highest BCUT2D eigenvalue weighted by Crippen LogP contribution is 2.26. The smallest absolute Gasteiger partial charge is 0.197 e. The number of thioether (sulfide) groups is 1. The van der Waals surface area contributed by atoms with E-state index in [9.17, 15) is 4.79 Å². The molecule has 0 unspecified atom stereocenters. The highest BCUT2D eigenvalue weighted by atomic mass is 35.5. The van der Waals surface area contributed by atoms with Crippen LogP contribution in [0, 0.1) is 0 Å². The van der Waals surface area contributed by atoms with Gasteiger partial charge in [-0.3, -0.25) is 4.79 Å². The minimum absolute atomic E-state index is 0.0350. The molecule has 1 aromatic carbocycles. The van der Waals surface area contributed by atoms with Crippen molar-refractivity contribution in [1.82, 2.24) is 9.61 Å². The first-order valence-corrected chi connectivity index (χ1v) is 7.62. The third kappa shape index (κ3) is 2.21. The summed E-state index contributed by atoms with van der Waals surface area (Å²) in [5.41, 5.74) is 2.07. The maximum atomic E-state index is 12.7. The first-order valence-electron chi connectivity index (χ1n) is 6.02. The first kappa shape index (κ1) is 13.2. The van der Waals surface area contributed by atoms with Crippen molar-refractivity contribution in [2.45, 2.75) is 5.03 Å². The van der Waals surface area contributed by atoms with Crippen molar-refractivity contribution < 1.29 is 4.79 Å². The molecule has 100 valence electrons. The van der Waals surface area contributed by atoms with E-state index in [0.29, 0.717) is 16.1 Å².